The Kier molecular flexibility index (Phi) is 8.75. The molecule has 0 heterocycles. The third-order valence-corrected chi connectivity index (χ3v) is 2.63. The molecule has 1 unspecified atom stereocenters. The quantitative estimate of drug-likeness (QED) is 0.490. The number of hydrogen-bond acceptors (Lipinski definition) is 4. The molecule has 0 spiro atoms. The van der Waals surface area contributed by atoms with Crippen molar-refractivity contribution in [3.8, 4) is 0 Å². The van der Waals surface area contributed by atoms with Crippen LogP contribution in [0.4, 0.5) is 9.59 Å². The maximum Gasteiger partial charge on any atom is 0.409 e. The minimum absolute atomic E-state index is 0.400. The molecule has 3 amide bonds. The summed E-state index contributed by atoms with van der Waals surface area (Å²) >= 11 is 0. The molecule has 8 heteroatoms. The number of amides is 3. The molecule has 0 radical (unpaired) electrons. The molecule has 0 aliphatic rings. The minimum Gasteiger partial charge on any atom is -0.465 e. The first-order chi connectivity index (χ1) is 10.6. The van der Waals surface area contributed by atoms with Crippen LogP contribution >= 0.6 is 0 Å². The summed E-state index contributed by atoms with van der Waals surface area (Å²) < 4.78 is 5.19. The maximum atomic E-state index is 12.2. The largest absolute Gasteiger partial charge is 0.465 e. The molecule has 3 N–H and O–H groups in total. The van der Waals surface area contributed by atoms with Crippen LogP contribution in [0, 0.1) is 0 Å². The number of nitrogens with one attached hydrogen (secondary N) is 2. The zero-order chi connectivity index (χ0) is 18.0. The highest BCUT2D eigenvalue weighted by Crippen LogP contribution is 2.09. The van der Waals surface area contributed by atoms with Crippen molar-refractivity contribution in [1.82, 2.24) is 15.5 Å². The fraction of sp³-hybridized carbons (Fsp3) is 0.667. The van der Waals surface area contributed by atoms with Gasteiger partial charge in [-0.1, -0.05) is 13.8 Å². The lowest BCUT2D eigenvalue weighted by atomic mass is 10.2. The van der Waals surface area contributed by atoms with E-state index in [4.69, 9.17) is 9.84 Å². The Morgan fingerprint density at radius 3 is 2.30 bits per heavy atom. The maximum absolute atomic E-state index is 12.2. The van der Waals surface area contributed by atoms with Gasteiger partial charge in [-0.15, -0.1) is 0 Å². The number of carbonyl (C=O) groups excluding carboxylic acids is 2. The standard InChI is InChI=1S/C15H27N3O5/c1-6-10-18(12(19)8-9-16-13(20)21)11(7-2)17-14(22)23-15(3,4)5/h8-9,11,16H,6-7,10H2,1-5H3,(H,17,22)(H,20,21). The fourth-order valence-corrected chi connectivity index (χ4v) is 1.78. The van der Waals surface area contributed by atoms with Crippen molar-refractivity contribution in [1.29, 1.82) is 0 Å². The van der Waals surface area contributed by atoms with E-state index in [2.05, 4.69) is 5.32 Å². The summed E-state index contributed by atoms with van der Waals surface area (Å²) in [5.41, 5.74) is -0.632. The molecule has 0 saturated heterocycles. The number of nitrogens with zero attached hydrogens (tertiary/aromatic N) is 1. The smallest absolute Gasteiger partial charge is 0.409 e. The van der Waals surface area contributed by atoms with Gasteiger partial charge in [0, 0.05) is 18.8 Å². The fourth-order valence-electron chi connectivity index (χ4n) is 1.78. The van der Waals surface area contributed by atoms with Crippen molar-refractivity contribution < 1.29 is 24.2 Å². The van der Waals surface area contributed by atoms with Gasteiger partial charge < -0.3 is 20.1 Å². The Morgan fingerprint density at radius 1 is 1.26 bits per heavy atom. The molecule has 0 fully saturated rings. The average molecular weight is 329 g/mol. The molecule has 23 heavy (non-hydrogen) atoms. The van der Waals surface area contributed by atoms with Crippen molar-refractivity contribution in [3.05, 3.63) is 12.3 Å². The number of carboxylic acid groups (broad SMARTS) is 1. The monoisotopic (exact) mass is 329 g/mol. The molecule has 0 bridgehead atoms. The molecule has 1 atom stereocenters. The lowest BCUT2D eigenvalue weighted by Gasteiger charge is -2.31. The van der Waals surface area contributed by atoms with Crippen LogP contribution in [0.2, 0.25) is 0 Å². The molecule has 0 aromatic carbocycles. The first-order valence-corrected chi connectivity index (χ1v) is 7.56. The number of alkyl carbamates (subject to hydrolysis) is 1. The van der Waals surface area contributed by atoms with E-state index >= 15 is 0 Å². The normalized spacial score (nSPS) is 12.6. The molecule has 0 saturated carbocycles. The summed E-state index contributed by atoms with van der Waals surface area (Å²) in [6.45, 7) is 9.41. The Balaban J connectivity index is 4.92. The second-order valence-electron chi connectivity index (χ2n) is 5.88. The van der Waals surface area contributed by atoms with Gasteiger partial charge in [-0.3, -0.25) is 10.1 Å². The molecule has 0 aromatic heterocycles. The Labute approximate surface area is 136 Å². The van der Waals surface area contributed by atoms with Crippen LogP contribution in [-0.2, 0) is 9.53 Å². The van der Waals surface area contributed by atoms with Crippen molar-refractivity contribution in [2.24, 2.45) is 0 Å². The highest BCUT2D eigenvalue weighted by atomic mass is 16.6. The van der Waals surface area contributed by atoms with E-state index < -0.39 is 29.9 Å². The number of carbonyl (C=O) groups is 3. The van der Waals surface area contributed by atoms with Crippen LogP contribution in [0.3, 0.4) is 0 Å². The molecule has 0 aliphatic carbocycles. The lowest BCUT2D eigenvalue weighted by molar-refractivity contribution is -0.129. The van der Waals surface area contributed by atoms with Crippen molar-refractivity contribution in [2.75, 3.05) is 6.54 Å². The van der Waals surface area contributed by atoms with Gasteiger partial charge in [0.05, 0.1) is 0 Å². The van der Waals surface area contributed by atoms with Gasteiger partial charge in [0.1, 0.15) is 11.8 Å². The SMILES string of the molecule is CCCN(C(=O)C=CNC(=O)O)C(CC)NC(=O)OC(C)(C)C. The van der Waals surface area contributed by atoms with Crippen LogP contribution in [0.5, 0.6) is 0 Å². The predicted molar refractivity (Wildman–Crippen MR) is 85.8 cm³/mol. The first-order valence-electron chi connectivity index (χ1n) is 7.56. The van der Waals surface area contributed by atoms with Crippen molar-refractivity contribution in [2.45, 2.75) is 59.2 Å². The Morgan fingerprint density at radius 2 is 1.87 bits per heavy atom. The second-order valence-corrected chi connectivity index (χ2v) is 5.88. The summed E-state index contributed by atoms with van der Waals surface area (Å²) in [5, 5.41) is 13.1. The lowest BCUT2D eigenvalue weighted by Crippen LogP contribution is -2.51. The molecule has 132 valence electrons. The zero-order valence-corrected chi connectivity index (χ0v) is 14.4. The topological polar surface area (TPSA) is 108 Å². The third-order valence-electron chi connectivity index (χ3n) is 2.63. The van der Waals surface area contributed by atoms with Crippen molar-refractivity contribution in [3.63, 3.8) is 0 Å². The average Bonchev–Trinajstić information content (AvgIpc) is 2.40. The zero-order valence-electron chi connectivity index (χ0n) is 14.4. The second kappa shape index (κ2) is 9.70. The van der Waals surface area contributed by atoms with Gasteiger partial charge in [-0.05, 0) is 33.6 Å². The highest BCUT2D eigenvalue weighted by molar-refractivity contribution is 5.88. The van der Waals surface area contributed by atoms with E-state index in [0.29, 0.717) is 19.4 Å². The minimum atomic E-state index is -1.25. The van der Waals surface area contributed by atoms with E-state index in [-0.39, 0.29) is 0 Å². The van der Waals surface area contributed by atoms with Crippen LogP contribution in [0.25, 0.3) is 0 Å². The van der Waals surface area contributed by atoms with Crippen LogP contribution < -0.4 is 10.6 Å². The van der Waals surface area contributed by atoms with Crippen LogP contribution in [-0.4, -0.2) is 46.4 Å². The third kappa shape index (κ3) is 9.38. The number of hydrogen-bond donors (Lipinski definition) is 3. The van der Waals surface area contributed by atoms with E-state index in [0.717, 1.165) is 12.3 Å². The summed E-state index contributed by atoms with van der Waals surface area (Å²) in [6.07, 6.45) is 0.952. The van der Waals surface area contributed by atoms with E-state index in [1.165, 1.54) is 4.90 Å². The number of ether oxygens (including phenoxy) is 1. The van der Waals surface area contributed by atoms with Gasteiger partial charge in [0.15, 0.2) is 0 Å². The van der Waals surface area contributed by atoms with E-state index in [1.54, 1.807) is 20.8 Å². The molecule has 8 nitrogen and oxygen atoms in total. The predicted octanol–water partition coefficient (Wildman–Crippen LogP) is 2.27. The van der Waals surface area contributed by atoms with Crippen molar-refractivity contribution >= 4 is 18.1 Å². The highest BCUT2D eigenvalue weighted by Gasteiger charge is 2.24. The van der Waals surface area contributed by atoms with Gasteiger partial charge in [0.2, 0.25) is 5.91 Å². The van der Waals surface area contributed by atoms with E-state index in [9.17, 15) is 14.4 Å². The Hall–Kier alpha value is -2.25. The molecule has 0 aromatic rings. The summed E-state index contributed by atoms with van der Waals surface area (Å²) in [5.74, 6) is -0.400. The first kappa shape index (κ1) is 20.8. The van der Waals surface area contributed by atoms with Gasteiger partial charge in [-0.25, -0.2) is 9.59 Å². The van der Waals surface area contributed by atoms with Gasteiger partial charge in [-0.2, -0.15) is 0 Å². The molecule has 0 rings (SSSR count). The molecular formula is C15H27N3O5. The summed E-state index contributed by atoms with van der Waals surface area (Å²) in [6, 6.07) is 0. The van der Waals surface area contributed by atoms with Gasteiger partial charge >= 0.3 is 12.2 Å². The van der Waals surface area contributed by atoms with Crippen LogP contribution in [0.15, 0.2) is 12.3 Å². The van der Waals surface area contributed by atoms with Gasteiger partial charge in [0.25, 0.3) is 0 Å². The molecule has 0 aliphatic heterocycles. The molecular weight excluding hydrogens is 302 g/mol. The summed E-state index contributed by atoms with van der Waals surface area (Å²) in [7, 11) is 0. The summed E-state index contributed by atoms with van der Waals surface area (Å²) in [4.78, 5) is 35.9. The van der Waals surface area contributed by atoms with E-state index in [1.807, 2.05) is 19.2 Å². The Bertz CT molecular complexity index is 443. The number of rotatable bonds is 7. The van der Waals surface area contributed by atoms with Crippen LogP contribution in [0.1, 0.15) is 47.5 Å².